The number of hydrogen-bond acceptors (Lipinski definition) is 3. The summed E-state index contributed by atoms with van der Waals surface area (Å²) >= 11 is 0. The summed E-state index contributed by atoms with van der Waals surface area (Å²) in [6, 6.07) is 15.5. The summed E-state index contributed by atoms with van der Waals surface area (Å²) in [5.41, 5.74) is 3.05. The summed E-state index contributed by atoms with van der Waals surface area (Å²) in [4.78, 5) is 26.8. The molecule has 0 bridgehead atoms. The van der Waals surface area contributed by atoms with Crippen LogP contribution < -0.4 is 10.1 Å². The number of carbonyl (C=O) groups excluding carboxylic acids is 2. The van der Waals surface area contributed by atoms with Gasteiger partial charge < -0.3 is 15.0 Å². The summed E-state index contributed by atoms with van der Waals surface area (Å²) in [6.07, 6.45) is 1.54. The lowest BCUT2D eigenvalue weighted by Gasteiger charge is -2.39. The molecule has 1 saturated heterocycles. The zero-order valence-electron chi connectivity index (χ0n) is 16.1. The highest BCUT2D eigenvalue weighted by Gasteiger charge is 2.34. The average Bonchev–Trinajstić information content (AvgIpc) is 2.68. The first-order valence-corrected chi connectivity index (χ1v) is 9.26. The van der Waals surface area contributed by atoms with Gasteiger partial charge >= 0.3 is 0 Å². The molecule has 1 aliphatic heterocycles. The van der Waals surface area contributed by atoms with E-state index in [0.717, 1.165) is 29.8 Å². The zero-order chi connectivity index (χ0) is 19.4. The van der Waals surface area contributed by atoms with Crippen molar-refractivity contribution in [3.8, 4) is 5.75 Å². The molecule has 0 aliphatic carbocycles. The quantitative estimate of drug-likeness (QED) is 0.892. The second-order valence-electron chi connectivity index (χ2n) is 7.09. The van der Waals surface area contributed by atoms with Crippen LogP contribution in [-0.2, 0) is 9.59 Å². The number of carbonyl (C=O) groups is 2. The molecule has 3 rings (SSSR count). The second-order valence-corrected chi connectivity index (χ2v) is 7.09. The van der Waals surface area contributed by atoms with Gasteiger partial charge in [-0.25, -0.2) is 0 Å². The number of amides is 2. The van der Waals surface area contributed by atoms with Crippen molar-refractivity contribution in [2.45, 2.75) is 32.7 Å². The van der Waals surface area contributed by atoms with E-state index in [-0.39, 0.29) is 23.8 Å². The highest BCUT2D eigenvalue weighted by molar-refractivity contribution is 5.93. The molecule has 0 saturated carbocycles. The molecule has 0 aromatic heterocycles. The monoisotopic (exact) mass is 366 g/mol. The van der Waals surface area contributed by atoms with Gasteiger partial charge in [-0.2, -0.15) is 0 Å². The maximum atomic E-state index is 12.7. The summed E-state index contributed by atoms with van der Waals surface area (Å²) < 4.78 is 5.14. The van der Waals surface area contributed by atoms with E-state index in [4.69, 9.17) is 4.74 Å². The van der Waals surface area contributed by atoms with Crippen molar-refractivity contribution < 1.29 is 14.3 Å². The number of likely N-dealkylation sites (tertiary alicyclic amines) is 1. The van der Waals surface area contributed by atoms with Gasteiger partial charge in [0.1, 0.15) is 5.75 Å². The molecule has 0 spiro atoms. The van der Waals surface area contributed by atoms with Gasteiger partial charge in [-0.3, -0.25) is 9.59 Å². The topological polar surface area (TPSA) is 58.6 Å². The summed E-state index contributed by atoms with van der Waals surface area (Å²) in [7, 11) is 1.61. The third-order valence-electron chi connectivity index (χ3n) is 5.14. The molecule has 142 valence electrons. The Kier molecular flexibility index (Phi) is 5.79. The Bertz CT molecular complexity index is 817. The molecule has 1 heterocycles. The number of piperidine rings is 1. The van der Waals surface area contributed by atoms with Crippen molar-refractivity contribution in [2.24, 2.45) is 5.92 Å². The van der Waals surface area contributed by atoms with Crippen LogP contribution in [0.3, 0.4) is 0 Å². The minimum absolute atomic E-state index is 0.00320. The van der Waals surface area contributed by atoms with Gasteiger partial charge in [-0.1, -0.05) is 29.8 Å². The molecule has 2 aromatic carbocycles. The molecule has 2 amide bonds. The van der Waals surface area contributed by atoms with Gasteiger partial charge in [0, 0.05) is 19.2 Å². The van der Waals surface area contributed by atoms with Crippen LogP contribution >= 0.6 is 0 Å². The van der Waals surface area contributed by atoms with Crippen molar-refractivity contribution >= 4 is 17.5 Å². The number of methoxy groups -OCH3 is 1. The fourth-order valence-electron chi connectivity index (χ4n) is 3.68. The second kappa shape index (κ2) is 8.25. The van der Waals surface area contributed by atoms with Gasteiger partial charge in [-0.15, -0.1) is 0 Å². The van der Waals surface area contributed by atoms with E-state index in [0.29, 0.717) is 6.54 Å². The number of nitrogens with zero attached hydrogens (tertiary/aromatic N) is 1. The number of benzene rings is 2. The van der Waals surface area contributed by atoms with Crippen LogP contribution in [0, 0.1) is 12.8 Å². The highest BCUT2D eigenvalue weighted by Crippen LogP contribution is 2.34. The maximum absolute atomic E-state index is 12.7. The molecular weight excluding hydrogens is 340 g/mol. The normalized spacial score (nSPS) is 19.4. The Hall–Kier alpha value is -2.82. The highest BCUT2D eigenvalue weighted by atomic mass is 16.5. The number of anilines is 1. The summed E-state index contributed by atoms with van der Waals surface area (Å²) in [5, 5.41) is 2.95. The molecule has 1 fully saturated rings. The van der Waals surface area contributed by atoms with Gasteiger partial charge in [0.05, 0.1) is 19.1 Å². The van der Waals surface area contributed by atoms with Crippen molar-refractivity contribution in [1.29, 1.82) is 0 Å². The van der Waals surface area contributed by atoms with Crippen molar-refractivity contribution in [1.82, 2.24) is 4.90 Å². The van der Waals surface area contributed by atoms with Crippen LogP contribution in [0.1, 0.15) is 36.9 Å². The van der Waals surface area contributed by atoms with Gasteiger partial charge in [-0.05, 0) is 49.6 Å². The van der Waals surface area contributed by atoms with Gasteiger partial charge in [0.2, 0.25) is 11.8 Å². The first-order valence-electron chi connectivity index (χ1n) is 9.26. The lowest BCUT2D eigenvalue weighted by molar-refractivity contribution is -0.135. The van der Waals surface area contributed by atoms with Crippen LogP contribution in [0.4, 0.5) is 5.69 Å². The summed E-state index contributed by atoms with van der Waals surface area (Å²) in [6.45, 7) is 4.07. The first kappa shape index (κ1) is 19.0. The van der Waals surface area contributed by atoms with Crippen LogP contribution in [0.2, 0.25) is 0 Å². The molecule has 1 aliphatic rings. The van der Waals surface area contributed by atoms with E-state index in [1.165, 1.54) is 5.56 Å². The third-order valence-corrected chi connectivity index (χ3v) is 5.14. The van der Waals surface area contributed by atoms with Crippen molar-refractivity contribution in [2.75, 3.05) is 19.0 Å². The molecule has 27 heavy (non-hydrogen) atoms. The van der Waals surface area contributed by atoms with Crippen LogP contribution in [0.15, 0.2) is 48.5 Å². The number of rotatable bonds is 4. The lowest BCUT2D eigenvalue weighted by Crippen LogP contribution is -2.44. The predicted octanol–water partition coefficient (Wildman–Crippen LogP) is 3.94. The molecule has 5 heteroatoms. The van der Waals surface area contributed by atoms with Crippen LogP contribution in [0.5, 0.6) is 5.75 Å². The standard InChI is InChI=1S/C22H26N2O3/c1-15-5-4-6-17(13-15)21-12-7-18(14-24(21)16(2)25)22(26)23-19-8-10-20(27-3)11-9-19/h4-6,8-11,13,18,21H,7,12,14H2,1-3H3,(H,23,26). The molecule has 2 aromatic rings. The summed E-state index contributed by atoms with van der Waals surface area (Å²) in [5.74, 6) is 0.490. The van der Waals surface area contributed by atoms with E-state index >= 15 is 0 Å². The molecule has 2 unspecified atom stereocenters. The van der Waals surface area contributed by atoms with E-state index < -0.39 is 0 Å². The first-order chi connectivity index (χ1) is 13.0. The molecule has 0 radical (unpaired) electrons. The van der Waals surface area contributed by atoms with Gasteiger partial charge in [0.15, 0.2) is 0 Å². The molecule has 2 atom stereocenters. The van der Waals surface area contributed by atoms with Crippen LogP contribution in [-0.4, -0.2) is 30.4 Å². The van der Waals surface area contributed by atoms with Gasteiger partial charge in [0.25, 0.3) is 0 Å². The lowest BCUT2D eigenvalue weighted by atomic mass is 9.88. The number of ether oxygens (including phenoxy) is 1. The van der Waals surface area contributed by atoms with E-state index in [1.54, 1.807) is 14.0 Å². The van der Waals surface area contributed by atoms with E-state index in [1.807, 2.05) is 35.2 Å². The minimum Gasteiger partial charge on any atom is -0.497 e. The number of aryl methyl sites for hydroxylation is 1. The van der Waals surface area contributed by atoms with Crippen LogP contribution in [0.25, 0.3) is 0 Å². The van der Waals surface area contributed by atoms with E-state index in [9.17, 15) is 9.59 Å². The predicted molar refractivity (Wildman–Crippen MR) is 106 cm³/mol. The average molecular weight is 366 g/mol. The fourth-order valence-corrected chi connectivity index (χ4v) is 3.68. The maximum Gasteiger partial charge on any atom is 0.229 e. The Labute approximate surface area is 160 Å². The number of hydrogen-bond donors (Lipinski definition) is 1. The Morgan fingerprint density at radius 3 is 2.48 bits per heavy atom. The minimum atomic E-state index is -0.211. The Morgan fingerprint density at radius 2 is 1.85 bits per heavy atom. The molecule has 5 nitrogen and oxygen atoms in total. The fraction of sp³-hybridized carbons (Fsp3) is 0.364. The van der Waals surface area contributed by atoms with E-state index in [2.05, 4.69) is 30.4 Å². The Balaban J connectivity index is 1.70. The van der Waals surface area contributed by atoms with Crippen molar-refractivity contribution in [3.63, 3.8) is 0 Å². The molecular formula is C22H26N2O3. The largest absolute Gasteiger partial charge is 0.497 e. The zero-order valence-corrected chi connectivity index (χ0v) is 16.1. The molecule has 1 N–H and O–H groups in total. The van der Waals surface area contributed by atoms with Crippen molar-refractivity contribution in [3.05, 3.63) is 59.7 Å². The smallest absolute Gasteiger partial charge is 0.229 e. The third kappa shape index (κ3) is 4.48. The number of nitrogens with one attached hydrogen (secondary N) is 1. The SMILES string of the molecule is COc1ccc(NC(=O)C2CCC(c3cccc(C)c3)N(C(C)=O)C2)cc1. The Morgan fingerprint density at radius 1 is 1.11 bits per heavy atom.